The molecule has 0 bridgehead atoms. The molecule has 0 amide bonds. The number of rotatable bonds is 8. The maximum absolute atomic E-state index is 6.17. The Labute approximate surface area is 182 Å². The summed E-state index contributed by atoms with van der Waals surface area (Å²) in [6, 6.07) is 9.28. The highest BCUT2D eigenvalue weighted by molar-refractivity contribution is 5.80. The molecule has 2 fully saturated rings. The average molecular weight is 417 g/mol. The second-order valence-corrected chi connectivity index (χ2v) is 8.66. The molecule has 0 radical (unpaired) electrons. The van der Waals surface area contributed by atoms with Crippen molar-refractivity contribution in [1.29, 1.82) is 0 Å². The van der Waals surface area contributed by atoms with Crippen LogP contribution in [0.2, 0.25) is 0 Å². The molecular formula is C24H40N4O2. The Morgan fingerprint density at radius 2 is 1.97 bits per heavy atom. The van der Waals surface area contributed by atoms with E-state index in [1.807, 2.05) is 7.05 Å². The van der Waals surface area contributed by atoms with Crippen molar-refractivity contribution in [2.45, 2.75) is 51.2 Å². The highest BCUT2D eigenvalue weighted by Crippen LogP contribution is 2.33. The van der Waals surface area contributed by atoms with Crippen LogP contribution < -0.4 is 10.6 Å². The number of piperidine rings is 1. The van der Waals surface area contributed by atoms with Crippen LogP contribution in [0.5, 0.6) is 0 Å². The first-order valence-corrected chi connectivity index (χ1v) is 11.6. The number of guanidine groups is 1. The van der Waals surface area contributed by atoms with Crippen molar-refractivity contribution < 1.29 is 9.47 Å². The van der Waals surface area contributed by atoms with Gasteiger partial charge in [-0.3, -0.25) is 4.99 Å². The Hall–Kier alpha value is -1.63. The molecule has 1 aromatic carbocycles. The number of nitrogens with one attached hydrogen (secondary N) is 2. The third-order valence-electron chi connectivity index (χ3n) is 6.36. The minimum atomic E-state index is 0.167. The summed E-state index contributed by atoms with van der Waals surface area (Å²) in [5, 5.41) is 7.22. The van der Waals surface area contributed by atoms with Crippen molar-refractivity contribution in [3.05, 3.63) is 35.4 Å². The molecule has 1 aromatic rings. The van der Waals surface area contributed by atoms with Crippen molar-refractivity contribution >= 4 is 5.96 Å². The number of aliphatic imine (C=N–C) groups is 1. The van der Waals surface area contributed by atoms with Crippen molar-refractivity contribution in [3.63, 3.8) is 0 Å². The second-order valence-electron chi connectivity index (χ2n) is 8.66. The van der Waals surface area contributed by atoms with Gasteiger partial charge < -0.3 is 25.0 Å². The SMILES string of the molecule is CN=C(NCC1CCCOC1c1ccc(C)cc1)NC1CCN(CCCOC)CC1. The van der Waals surface area contributed by atoms with E-state index in [2.05, 4.69) is 51.7 Å². The summed E-state index contributed by atoms with van der Waals surface area (Å²) in [6.07, 6.45) is 5.91. The third kappa shape index (κ3) is 6.96. The Kier molecular flexibility index (Phi) is 9.43. The van der Waals surface area contributed by atoms with E-state index >= 15 is 0 Å². The van der Waals surface area contributed by atoms with Crippen LogP contribution >= 0.6 is 0 Å². The molecule has 6 nitrogen and oxygen atoms in total. The summed E-state index contributed by atoms with van der Waals surface area (Å²) < 4.78 is 11.3. The predicted molar refractivity (Wildman–Crippen MR) is 123 cm³/mol. The van der Waals surface area contributed by atoms with E-state index in [1.54, 1.807) is 7.11 Å². The summed E-state index contributed by atoms with van der Waals surface area (Å²) in [4.78, 5) is 7.02. The molecule has 30 heavy (non-hydrogen) atoms. The number of methoxy groups -OCH3 is 1. The summed E-state index contributed by atoms with van der Waals surface area (Å²) in [5.41, 5.74) is 2.58. The lowest BCUT2D eigenvalue weighted by molar-refractivity contribution is -0.0265. The molecule has 2 saturated heterocycles. The molecule has 2 aliphatic heterocycles. The first-order valence-electron chi connectivity index (χ1n) is 11.6. The van der Waals surface area contributed by atoms with E-state index in [0.29, 0.717) is 12.0 Å². The first-order chi connectivity index (χ1) is 14.7. The Balaban J connectivity index is 1.45. The predicted octanol–water partition coefficient (Wildman–Crippen LogP) is 3.13. The molecule has 2 N–H and O–H groups in total. The number of hydrogen-bond acceptors (Lipinski definition) is 4. The van der Waals surface area contributed by atoms with Crippen molar-refractivity contribution in [2.24, 2.45) is 10.9 Å². The van der Waals surface area contributed by atoms with Gasteiger partial charge in [0.15, 0.2) is 5.96 Å². The molecule has 6 heteroatoms. The van der Waals surface area contributed by atoms with E-state index in [4.69, 9.17) is 9.47 Å². The molecule has 2 unspecified atom stereocenters. The van der Waals surface area contributed by atoms with Crippen molar-refractivity contribution in [1.82, 2.24) is 15.5 Å². The van der Waals surface area contributed by atoms with Crippen LogP contribution in [0, 0.1) is 12.8 Å². The maximum Gasteiger partial charge on any atom is 0.191 e. The van der Waals surface area contributed by atoms with Crippen LogP contribution in [0.15, 0.2) is 29.3 Å². The Morgan fingerprint density at radius 1 is 1.20 bits per heavy atom. The van der Waals surface area contributed by atoms with Gasteiger partial charge >= 0.3 is 0 Å². The van der Waals surface area contributed by atoms with Crippen LogP contribution in [-0.4, -0.2) is 70.5 Å². The number of benzene rings is 1. The fourth-order valence-electron chi connectivity index (χ4n) is 4.53. The highest BCUT2D eigenvalue weighted by Gasteiger charge is 2.28. The summed E-state index contributed by atoms with van der Waals surface area (Å²) in [7, 11) is 3.64. The van der Waals surface area contributed by atoms with Gasteiger partial charge in [-0.25, -0.2) is 0 Å². The van der Waals surface area contributed by atoms with E-state index in [9.17, 15) is 0 Å². The number of aryl methyl sites for hydroxylation is 1. The molecular weight excluding hydrogens is 376 g/mol. The molecule has 0 saturated carbocycles. The number of likely N-dealkylation sites (tertiary alicyclic amines) is 1. The number of ether oxygens (including phenoxy) is 2. The summed E-state index contributed by atoms with van der Waals surface area (Å²) in [5.74, 6) is 1.38. The number of hydrogen-bond donors (Lipinski definition) is 2. The zero-order valence-corrected chi connectivity index (χ0v) is 19.0. The Morgan fingerprint density at radius 3 is 2.67 bits per heavy atom. The quantitative estimate of drug-likeness (QED) is 0.387. The van der Waals surface area contributed by atoms with Gasteiger partial charge in [0.25, 0.3) is 0 Å². The lowest BCUT2D eigenvalue weighted by atomic mass is 9.89. The Bertz CT molecular complexity index is 641. The topological polar surface area (TPSA) is 58.1 Å². The van der Waals surface area contributed by atoms with Gasteiger partial charge in [0.05, 0.1) is 6.10 Å². The largest absolute Gasteiger partial charge is 0.385 e. The van der Waals surface area contributed by atoms with Crippen molar-refractivity contribution in [2.75, 3.05) is 53.6 Å². The van der Waals surface area contributed by atoms with Gasteiger partial charge in [0, 0.05) is 65.5 Å². The lowest BCUT2D eigenvalue weighted by Gasteiger charge is -2.34. The van der Waals surface area contributed by atoms with E-state index in [-0.39, 0.29) is 6.10 Å². The molecule has 0 aliphatic carbocycles. The van der Waals surface area contributed by atoms with Gasteiger partial charge in [0.2, 0.25) is 0 Å². The zero-order valence-electron chi connectivity index (χ0n) is 19.0. The summed E-state index contributed by atoms with van der Waals surface area (Å²) in [6.45, 7) is 8.14. The third-order valence-corrected chi connectivity index (χ3v) is 6.36. The van der Waals surface area contributed by atoms with Crippen LogP contribution in [0.4, 0.5) is 0 Å². The second kappa shape index (κ2) is 12.3. The van der Waals surface area contributed by atoms with Gasteiger partial charge in [0.1, 0.15) is 0 Å². The van der Waals surface area contributed by atoms with Gasteiger partial charge in [-0.05, 0) is 44.6 Å². The lowest BCUT2D eigenvalue weighted by Crippen LogP contribution is -2.50. The summed E-state index contributed by atoms with van der Waals surface area (Å²) >= 11 is 0. The number of nitrogens with zero attached hydrogens (tertiary/aromatic N) is 2. The fourth-order valence-corrected chi connectivity index (χ4v) is 4.53. The smallest absolute Gasteiger partial charge is 0.191 e. The molecule has 2 heterocycles. The van der Waals surface area contributed by atoms with Crippen LogP contribution in [0.25, 0.3) is 0 Å². The molecule has 0 aromatic heterocycles. The molecule has 2 aliphatic rings. The molecule has 0 spiro atoms. The zero-order chi connectivity index (χ0) is 21.2. The average Bonchev–Trinajstić information content (AvgIpc) is 2.78. The normalized spacial score (nSPS) is 24.0. The highest BCUT2D eigenvalue weighted by atomic mass is 16.5. The minimum absolute atomic E-state index is 0.167. The standard InChI is InChI=1S/C24H40N4O2/c1-19-7-9-20(10-8-19)23-21(6-4-17-30-23)18-26-24(25-2)27-22-11-14-28(15-12-22)13-5-16-29-3/h7-10,21-23H,4-6,11-18H2,1-3H3,(H2,25,26,27). The fraction of sp³-hybridized carbons (Fsp3) is 0.708. The molecule has 2 atom stereocenters. The first kappa shape index (κ1) is 23.0. The monoisotopic (exact) mass is 416 g/mol. The minimum Gasteiger partial charge on any atom is -0.385 e. The van der Waals surface area contributed by atoms with E-state index in [0.717, 1.165) is 71.0 Å². The van der Waals surface area contributed by atoms with Gasteiger partial charge in [-0.2, -0.15) is 0 Å². The maximum atomic E-state index is 6.17. The molecule has 168 valence electrons. The van der Waals surface area contributed by atoms with Crippen LogP contribution in [0.1, 0.15) is 49.3 Å². The van der Waals surface area contributed by atoms with Gasteiger partial charge in [-0.15, -0.1) is 0 Å². The van der Waals surface area contributed by atoms with E-state index < -0.39 is 0 Å². The van der Waals surface area contributed by atoms with E-state index in [1.165, 1.54) is 17.5 Å². The van der Waals surface area contributed by atoms with Crippen LogP contribution in [-0.2, 0) is 9.47 Å². The van der Waals surface area contributed by atoms with Gasteiger partial charge in [-0.1, -0.05) is 29.8 Å². The molecule has 3 rings (SSSR count). The van der Waals surface area contributed by atoms with Crippen LogP contribution in [0.3, 0.4) is 0 Å². The van der Waals surface area contributed by atoms with Crippen molar-refractivity contribution in [3.8, 4) is 0 Å².